The molecule has 128 valence electrons. The van der Waals surface area contributed by atoms with Crippen LogP contribution in [0.5, 0.6) is 0 Å². The molecule has 0 aromatic rings. The van der Waals surface area contributed by atoms with Crippen LogP contribution in [-0.2, 0) is 14.4 Å². The zero-order valence-corrected chi connectivity index (χ0v) is 14.5. The summed E-state index contributed by atoms with van der Waals surface area (Å²) in [5, 5.41) is 9.53. The maximum absolute atomic E-state index is 12.6. The average Bonchev–Trinajstić information content (AvgIpc) is 2.77. The third-order valence-electron chi connectivity index (χ3n) is 5.30. The number of hydrogen-bond acceptors (Lipinski definition) is 4. The molecule has 1 saturated carbocycles. The second kappa shape index (κ2) is 6.02. The van der Waals surface area contributed by atoms with Gasteiger partial charge in [0.2, 0.25) is 0 Å². The molecule has 1 N–H and O–H groups in total. The van der Waals surface area contributed by atoms with Gasteiger partial charge in [-0.25, -0.2) is 5.06 Å². The molecule has 24 heavy (non-hydrogen) atoms. The van der Waals surface area contributed by atoms with Crippen LogP contribution in [0.2, 0.25) is 0 Å². The lowest BCUT2D eigenvalue weighted by Crippen LogP contribution is -2.43. The number of allylic oxidation sites excluding steroid dienone is 3. The molecular formula is C18H23N3O3. The van der Waals surface area contributed by atoms with Crippen molar-refractivity contribution in [2.24, 2.45) is 11.8 Å². The summed E-state index contributed by atoms with van der Waals surface area (Å²) < 4.78 is 0. The molecule has 0 spiro atoms. The summed E-state index contributed by atoms with van der Waals surface area (Å²) in [5.74, 6) is 0.956. The number of ketones is 1. The third kappa shape index (κ3) is 2.51. The molecule has 0 radical (unpaired) electrons. The van der Waals surface area contributed by atoms with E-state index in [9.17, 15) is 9.59 Å². The Morgan fingerprint density at radius 2 is 1.96 bits per heavy atom. The summed E-state index contributed by atoms with van der Waals surface area (Å²) >= 11 is 0. The number of carbonyl (C=O) groups is 2. The van der Waals surface area contributed by atoms with Gasteiger partial charge in [0.15, 0.2) is 5.78 Å². The molecule has 0 unspecified atom stereocenters. The lowest BCUT2D eigenvalue weighted by atomic mass is 9.73. The van der Waals surface area contributed by atoms with Crippen LogP contribution in [0.15, 0.2) is 34.6 Å². The zero-order valence-electron chi connectivity index (χ0n) is 14.5. The smallest absolute Gasteiger partial charge is 0.254 e. The topological polar surface area (TPSA) is 73.7 Å². The largest absolute Gasteiger partial charge is 0.307 e. The number of nitrogens with one attached hydrogen (secondary N) is 1. The molecular weight excluding hydrogens is 306 g/mol. The SMILES string of the molecule is CON(C)C(=N)C1CC(CN2C(=O)C(C)=C3C=CC(=O)C(C)=C32)C1. The fraction of sp³-hybridized carbons (Fsp3) is 0.500. The number of carbonyl (C=O) groups excluding carboxylic acids is 2. The Kier molecular flexibility index (Phi) is 4.17. The molecule has 0 saturated heterocycles. The number of amidine groups is 1. The first-order valence-corrected chi connectivity index (χ1v) is 8.17. The molecule has 1 fully saturated rings. The monoisotopic (exact) mass is 329 g/mol. The van der Waals surface area contributed by atoms with Crippen LogP contribution in [-0.4, -0.2) is 48.2 Å². The number of amides is 1. The highest BCUT2D eigenvalue weighted by molar-refractivity contribution is 6.11. The van der Waals surface area contributed by atoms with Gasteiger partial charge < -0.3 is 4.90 Å². The minimum Gasteiger partial charge on any atom is -0.307 e. The molecule has 3 rings (SSSR count). The molecule has 6 heteroatoms. The van der Waals surface area contributed by atoms with Crippen LogP contribution in [0.25, 0.3) is 0 Å². The number of hydroxylamine groups is 2. The molecule has 3 aliphatic rings. The summed E-state index contributed by atoms with van der Waals surface area (Å²) in [6.45, 7) is 4.21. The number of rotatable bonds is 4. The average molecular weight is 329 g/mol. The van der Waals surface area contributed by atoms with Gasteiger partial charge in [-0.2, -0.15) is 0 Å². The van der Waals surface area contributed by atoms with Crippen molar-refractivity contribution in [3.63, 3.8) is 0 Å². The highest BCUT2D eigenvalue weighted by Crippen LogP contribution is 2.40. The van der Waals surface area contributed by atoms with E-state index in [0.717, 1.165) is 24.1 Å². The molecule has 1 aliphatic heterocycles. The highest BCUT2D eigenvalue weighted by atomic mass is 16.7. The molecule has 1 heterocycles. The van der Waals surface area contributed by atoms with Crippen molar-refractivity contribution >= 4 is 17.5 Å². The van der Waals surface area contributed by atoms with E-state index in [-0.39, 0.29) is 17.6 Å². The van der Waals surface area contributed by atoms with Crippen LogP contribution in [0, 0.1) is 17.2 Å². The Balaban J connectivity index is 1.70. The number of fused-ring (bicyclic) bond motifs is 1. The second-order valence-corrected chi connectivity index (χ2v) is 6.73. The number of nitrogens with zero attached hydrogens (tertiary/aromatic N) is 2. The van der Waals surface area contributed by atoms with Crippen LogP contribution in [0.3, 0.4) is 0 Å². The van der Waals surface area contributed by atoms with Crippen molar-refractivity contribution in [3.8, 4) is 0 Å². The molecule has 1 amide bonds. The standard InChI is InChI=1S/C18H23N3O3/c1-10-14-5-6-15(22)11(2)16(14)21(18(10)23)9-12-7-13(8-12)17(19)20(3)24-4/h5-6,12-13,19H,7-9H2,1-4H3. The van der Waals surface area contributed by atoms with Crippen molar-refractivity contribution < 1.29 is 14.4 Å². The van der Waals surface area contributed by atoms with Gasteiger partial charge in [0.25, 0.3) is 5.91 Å². The summed E-state index contributed by atoms with van der Waals surface area (Å²) in [6.07, 6.45) is 5.02. The van der Waals surface area contributed by atoms with E-state index in [1.54, 1.807) is 32.1 Å². The van der Waals surface area contributed by atoms with Crippen LogP contribution in [0.4, 0.5) is 0 Å². The normalized spacial score (nSPS) is 26.1. The van der Waals surface area contributed by atoms with Gasteiger partial charge in [0.1, 0.15) is 5.84 Å². The minimum absolute atomic E-state index is 0.00811. The summed E-state index contributed by atoms with van der Waals surface area (Å²) in [5.41, 5.74) is 2.99. The first-order chi connectivity index (χ1) is 11.3. The van der Waals surface area contributed by atoms with Crippen LogP contribution >= 0.6 is 0 Å². The molecule has 0 atom stereocenters. The van der Waals surface area contributed by atoms with E-state index < -0.39 is 0 Å². The lowest BCUT2D eigenvalue weighted by molar-refractivity contribution is -0.125. The Hall–Kier alpha value is -2.21. The van der Waals surface area contributed by atoms with Gasteiger partial charge in [-0.3, -0.25) is 19.8 Å². The van der Waals surface area contributed by atoms with E-state index in [1.807, 2.05) is 6.92 Å². The van der Waals surface area contributed by atoms with Gasteiger partial charge >= 0.3 is 0 Å². The second-order valence-electron chi connectivity index (χ2n) is 6.73. The van der Waals surface area contributed by atoms with Crippen molar-refractivity contribution in [2.75, 3.05) is 20.7 Å². The van der Waals surface area contributed by atoms with Crippen molar-refractivity contribution in [1.29, 1.82) is 5.41 Å². The fourth-order valence-corrected chi connectivity index (χ4v) is 3.65. The highest BCUT2D eigenvalue weighted by Gasteiger charge is 2.40. The summed E-state index contributed by atoms with van der Waals surface area (Å²) in [7, 11) is 3.28. The van der Waals surface area contributed by atoms with Crippen molar-refractivity contribution in [2.45, 2.75) is 26.7 Å². The predicted molar refractivity (Wildman–Crippen MR) is 90.0 cm³/mol. The van der Waals surface area contributed by atoms with E-state index in [4.69, 9.17) is 10.2 Å². The summed E-state index contributed by atoms with van der Waals surface area (Å²) in [6, 6.07) is 0. The third-order valence-corrected chi connectivity index (χ3v) is 5.30. The summed E-state index contributed by atoms with van der Waals surface area (Å²) in [4.78, 5) is 31.4. The van der Waals surface area contributed by atoms with Crippen LogP contribution in [0.1, 0.15) is 26.7 Å². The molecule has 0 bridgehead atoms. The van der Waals surface area contributed by atoms with Crippen molar-refractivity contribution in [1.82, 2.24) is 9.96 Å². The molecule has 0 aromatic carbocycles. The predicted octanol–water partition coefficient (Wildman–Crippen LogP) is 2.05. The van der Waals surface area contributed by atoms with Gasteiger partial charge in [-0.1, -0.05) is 0 Å². The van der Waals surface area contributed by atoms with E-state index in [2.05, 4.69) is 0 Å². The van der Waals surface area contributed by atoms with Gasteiger partial charge in [-0.15, -0.1) is 0 Å². The van der Waals surface area contributed by atoms with Crippen molar-refractivity contribution in [3.05, 3.63) is 34.6 Å². The molecule has 2 aliphatic carbocycles. The van der Waals surface area contributed by atoms with E-state index >= 15 is 0 Å². The maximum Gasteiger partial charge on any atom is 0.254 e. The quantitative estimate of drug-likeness (QED) is 0.487. The van der Waals surface area contributed by atoms with E-state index in [1.165, 1.54) is 11.1 Å². The first-order valence-electron chi connectivity index (χ1n) is 8.17. The number of hydrogen-bond donors (Lipinski definition) is 1. The maximum atomic E-state index is 12.6. The molecule has 6 nitrogen and oxygen atoms in total. The Labute approximate surface area is 141 Å². The van der Waals surface area contributed by atoms with E-state index in [0.29, 0.717) is 29.4 Å². The van der Waals surface area contributed by atoms with Gasteiger partial charge in [0, 0.05) is 36.2 Å². The molecule has 0 aromatic heterocycles. The van der Waals surface area contributed by atoms with Gasteiger partial charge in [0.05, 0.1) is 12.8 Å². The Morgan fingerprint density at radius 1 is 1.29 bits per heavy atom. The zero-order chi connectivity index (χ0) is 17.6. The first kappa shape index (κ1) is 16.6. The Morgan fingerprint density at radius 3 is 2.58 bits per heavy atom. The van der Waals surface area contributed by atoms with Crippen LogP contribution < -0.4 is 0 Å². The minimum atomic E-state index is -0.0313. The fourth-order valence-electron chi connectivity index (χ4n) is 3.65. The Bertz CT molecular complexity index is 711. The lowest BCUT2D eigenvalue weighted by Gasteiger charge is -2.40. The van der Waals surface area contributed by atoms with Gasteiger partial charge in [-0.05, 0) is 44.8 Å².